The second kappa shape index (κ2) is 6.58. The second-order valence-electron chi connectivity index (χ2n) is 2.66. The van der Waals surface area contributed by atoms with Crippen LogP contribution in [-0.4, -0.2) is 35.6 Å². The highest BCUT2D eigenvalue weighted by molar-refractivity contribution is 4.63. The summed E-state index contributed by atoms with van der Waals surface area (Å²) >= 11 is 0. The van der Waals surface area contributed by atoms with E-state index in [2.05, 4.69) is 0 Å². The first kappa shape index (κ1) is 10.9. The molecule has 0 heterocycles. The largest absolute Gasteiger partial charge is 0.396 e. The quantitative estimate of drug-likeness (QED) is 0.599. The molecule has 0 aromatic heterocycles. The smallest absolute Gasteiger partial charge is 0.0852 e. The molecule has 2 atom stereocenters. The van der Waals surface area contributed by atoms with Gasteiger partial charge in [0.25, 0.3) is 0 Å². The fraction of sp³-hybridized carbons (Fsp3) is 1.00. The van der Waals surface area contributed by atoms with Crippen molar-refractivity contribution in [1.29, 1.82) is 0 Å². The first-order valence-electron chi connectivity index (χ1n) is 4.12. The third kappa shape index (κ3) is 5.18. The summed E-state index contributed by atoms with van der Waals surface area (Å²) in [5.74, 6) is 0. The predicted molar refractivity (Wildman–Crippen MR) is 43.4 cm³/mol. The van der Waals surface area contributed by atoms with Crippen LogP contribution < -0.4 is 0 Å². The second-order valence-corrected chi connectivity index (χ2v) is 2.66. The molecule has 3 heteroatoms. The molecule has 0 radical (unpaired) electrons. The van der Waals surface area contributed by atoms with E-state index in [0.29, 0.717) is 13.0 Å². The molecule has 2 N–H and O–H groups in total. The SMILES string of the molecule is CCCOC(CCO)C(C)O. The van der Waals surface area contributed by atoms with E-state index >= 15 is 0 Å². The Morgan fingerprint density at radius 3 is 2.45 bits per heavy atom. The van der Waals surface area contributed by atoms with E-state index < -0.39 is 6.10 Å². The summed E-state index contributed by atoms with van der Waals surface area (Å²) < 4.78 is 5.28. The highest BCUT2D eigenvalue weighted by Gasteiger charge is 2.13. The van der Waals surface area contributed by atoms with Crippen molar-refractivity contribution in [3.05, 3.63) is 0 Å². The molecule has 2 unspecified atom stereocenters. The Bertz CT molecular complexity index is 83.4. The molecular formula is C8H18O3. The molecule has 0 aliphatic carbocycles. The Kier molecular flexibility index (Phi) is 6.51. The summed E-state index contributed by atoms with van der Waals surface area (Å²) in [5, 5.41) is 17.7. The molecule has 11 heavy (non-hydrogen) atoms. The molecule has 0 bridgehead atoms. The van der Waals surface area contributed by atoms with Crippen LogP contribution in [0.25, 0.3) is 0 Å². The van der Waals surface area contributed by atoms with Crippen LogP contribution in [0.3, 0.4) is 0 Å². The van der Waals surface area contributed by atoms with Gasteiger partial charge in [-0.2, -0.15) is 0 Å². The van der Waals surface area contributed by atoms with Gasteiger partial charge in [-0.05, 0) is 19.8 Å². The lowest BCUT2D eigenvalue weighted by molar-refractivity contribution is -0.0399. The summed E-state index contributed by atoms with van der Waals surface area (Å²) in [6.07, 6.45) is 0.750. The van der Waals surface area contributed by atoms with Gasteiger partial charge < -0.3 is 14.9 Å². The zero-order valence-corrected chi connectivity index (χ0v) is 7.29. The molecular weight excluding hydrogens is 144 g/mol. The van der Waals surface area contributed by atoms with Crippen molar-refractivity contribution in [1.82, 2.24) is 0 Å². The normalized spacial score (nSPS) is 16.4. The fourth-order valence-corrected chi connectivity index (χ4v) is 0.860. The van der Waals surface area contributed by atoms with Gasteiger partial charge in [0.05, 0.1) is 12.2 Å². The fourth-order valence-electron chi connectivity index (χ4n) is 0.860. The van der Waals surface area contributed by atoms with Crippen molar-refractivity contribution < 1.29 is 14.9 Å². The summed E-state index contributed by atoms with van der Waals surface area (Å²) in [6, 6.07) is 0. The minimum Gasteiger partial charge on any atom is -0.396 e. The lowest BCUT2D eigenvalue weighted by Crippen LogP contribution is -2.27. The molecule has 0 aromatic rings. The van der Waals surface area contributed by atoms with E-state index in [0.717, 1.165) is 6.42 Å². The Balaban J connectivity index is 3.51. The van der Waals surface area contributed by atoms with Crippen molar-refractivity contribution in [3.63, 3.8) is 0 Å². The van der Waals surface area contributed by atoms with Crippen LogP contribution in [0.2, 0.25) is 0 Å². The van der Waals surface area contributed by atoms with Gasteiger partial charge in [0.2, 0.25) is 0 Å². The van der Waals surface area contributed by atoms with Gasteiger partial charge in [-0.15, -0.1) is 0 Å². The maximum Gasteiger partial charge on any atom is 0.0852 e. The zero-order chi connectivity index (χ0) is 8.69. The van der Waals surface area contributed by atoms with Gasteiger partial charge in [0.15, 0.2) is 0 Å². The molecule has 0 spiro atoms. The van der Waals surface area contributed by atoms with E-state index in [1.807, 2.05) is 6.92 Å². The number of aliphatic hydroxyl groups is 2. The monoisotopic (exact) mass is 162 g/mol. The van der Waals surface area contributed by atoms with Crippen LogP contribution in [0, 0.1) is 0 Å². The first-order valence-corrected chi connectivity index (χ1v) is 4.12. The number of rotatable bonds is 6. The molecule has 0 aliphatic rings. The number of aliphatic hydroxyl groups excluding tert-OH is 2. The van der Waals surface area contributed by atoms with Crippen LogP contribution in [0.5, 0.6) is 0 Å². The molecule has 0 aromatic carbocycles. The Hall–Kier alpha value is -0.120. The molecule has 0 amide bonds. The van der Waals surface area contributed by atoms with Crippen LogP contribution >= 0.6 is 0 Å². The van der Waals surface area contributed by atoms with Gasteiger partial charge in [-0.3, -0.25) is 0 Å². The summed E-state index contributed by atoms with van der Waals surface area (Å²) in [5.41, 5.74) is 0. The van der Waals surface area contributed by atoms with Gasteiger partial charge in [-0.1, -0.05) is 6.92 Å². The molecule has 0 saturated carbocycles. The van der Waals surface area contributed by atoms with Crippen LogP contribution in [-0.2, 0) is 4.74 Å². The average molecular weight is 162 g/mol. The zero-order valence-electron chi connectivity index (χ0n) is 7.29. The maximum absolute atomic E-state index is 9.13. The third-order valence-electron chi connectivity index (χ3n) is 1.49. The maximum atomic E-state index is 9.13. The molecule has 0 rings (SSSR count). The molecule has 3 nitrogen and oxygen atoms in total. The standard InChI is InChI=1S/C8H18O3/c1-3-6-11-8(4-5-9)7(2)10/h7-10H,3-6H2,1-2H3. The summed E-state index contributed by atoms with van der Waals surface area (Å²) in [6.45, 7) is 4.41. The van der Waals surface area contributed by atoms with E-state index in [-0.39, 0.29) is 12.7 Å². The van der Waals surface area contributed by atoms with Gasteiger partial charge >= 0.3 is 0 Å². The number of hydrogen-bond donors (Lipinski definition) is 2. The lowest BCUT2D eigenvalue weighted by Gasteiger charge is -2.18. The first-order chi connectivity index (χ1) is 5.22. The van der Waals surface area contributed by atoms with Crippen LogP contribution in [0.4, 0.5) is 0 Å². The van der Waals surface area contributed by atoms with Crippen molar-refractivity contribution in [2.75, 3.05) is 13.2 Å². The van der Waals surface area contributed by atoms with E-state index in [4.69, 9.17) is 14.9 Å². The van der Waals surface area contributed by atoms with Crippen molar-refractivity contribution in [2.24, 2.45) is 0 Å². The van der Waals surface area contributed by atoms with Gasteiger partial charge in [0.1, 0.15) is 0 Å². The van der Waals surface area contributed by atoms with E-state index in [9.17, 15) is 0 Å². The van der Waals surface area contributed by atoms with Crippen LogP contribution in [0.1, 0.15) is 26.7 Å². The van der Waals surface area contributed by atoms with E-state index in [1.165, 1.54) is 0 Å². The summed E-state index contributed by atoms with van der Waals surface area (Å²) in [4.78, 5) is 0. The van der Waals surface area contributed by atoms with Crippen LogP contribution in [0.15, 0.2) is 0 Å². The lowest BCUT2D eigenvalue weighted by atomic mass is 10.2. The topological polar surface area (TPSA) is 49.7 Å². The minimum absolute atomic E-state index is 0.0687. The van der Waals surface area contributed by atoms with Gasteiger partial charge in [0, 0.05) is 13.2 Å². The van der Waals surface area contributed by atoms with Gasteiger partial charge in [-0.25, -0.2) is 0 Å². The molecule has 0 fully saturated rings. The molecule has 0 saturated heterocycles. The molecule has 68 valence electrons. The Labute approximate surface area is 68.0 Å². The number of ether oxygens (including phenoxy) is 1. The van der Waals surface area contributed by atoms with Crippen molar-refractivity contribution in [3.8, 4) is 0 Å². The van der Waals surface area contributed by atoms with Crippen molar-refractivity contribution in [2.45, 2.75) is 38.9 Å². The minimum atomic E-state index is -0.492. The third-order valence-corrected chi connectivity index (χ3v) is 1.49. The number of hydrogen-bond acceptors (Lipinski definition) is 3. The molecule has 0 aliphatic heterocycles. The Morgan fingerprint density at radius 2 is 2.09 bits per heavy atom. The highest BCUT2D eigenvalue weighted by atomic mass is 16.5. The summed E-state index contributed by atoms with van der Waals surface area (Å²) in [7, 11) is 0. The predicted octanol–water partition coefficient (Wildman–Crippen LogP) is 0.545. The Morgan fingerprint density at radius 1 is 1.45 bits per heavy atom. The van der Waals surface area contributed by atoms with E-state index in [1.54, 1.807) is 6.92 Å². The average Bonchev–Trinajstić information content (AvgIpc) is 1.97. The van der Waals surface area contributed by atoms with Crippen molar-refractivity contribution >= 4 is 0 Å². The highest BCUT2D eigenvalue weighted by Crippen LogP contribution is 2.04.